The number of aromatic nitrogens is 2. The number of amides is 1. The van der Waals surface area contributed by atoms with Crippen LogP contribution in [0.1, 0.15) is 10.5 Å². The van der Waals surface area contributed by atoms with Gasteiger partial charge in [-0.25, -0.2) is 4.98 Å². The van der Waals surface area contributed by atoms with Crippen LogP contribution in [0.4, 0.5) is 5.69 Å². The molecule has 0 fully saturated rings. The molecule has 4 aromatic rings. The van der Waals surface area contributed by atoms with Crippen molar-refractivity contribution < 1.29 is 9.21 Å². The van der Waals surface area contributed by atoms with Crippen molar-refractivity contribution in [2.24, 2.45) is 0 Å². The second-order valence-corrected chi connectivity index (χ2v) is 5.57. The number of thiazole rings is 1. The normalized spacial score (nSPS) is 10.9. The van der Waals surface area contributed by atoms with Crippen LogP contribution in [0.3, 0.4) is 0 Å². The minimum Gasteiger partial charge on any atom is -0.462 e. The number of benzene rings is 1. The second kappa shape index (κ2) is 5.16. The Hall–Kier alpha value is -2.86. The molecule has 4 rings (SSSR count). The molecule has 5 nitrogen and oxygen atoms in total. The molecular weight excluding hydrogens is 298 g/mol. The number of carbonyl (C=O) groups is 1. The molecule has 0 aliphatic rings. The summed E-state index contributed by atoms with van der Waals surface area (Å²) >= 11 is 1.38. The molecule has 3 aromatic heterocycles. The van der Waals surface area contributed by atoms with E-state index in [0.717, 1.165) is 16.6 Å². The van der Waals surface area contributed by atoms with Crippen molar-refractivity contribution in [1.29, 1.82) is 0 Å². The van der Waals surface area contributed by atoms with Crippen LogP contribution in [-0.4, -0.2) is 15.9 Å². The lowest BCUT2D eigenvalue weighted by Crippen LogP contribution is -2.12. The van der Waals surface area contributed by atoms with Crippen LogP contribution in [0, 0.1) is 0 Å². The van der Waals surface area contributed by atoms with E-state index in [4.69, 9.17) is 4.42 Å². The Morgan fingerprint density at radius 2 is 2.18 bits per heavy atom. The zero-order valence-corrected chi connectivity index (χ0v) is 12.2. The van der Waals surface area contributed by atoms with Gasteiger partial charge in [0.25, 0.3) is 5.91 Å². The quantitative estimate of drug-likeness (QED) is 0.597. The molecule has 1 aromatic carbocycles. The van der Waals surface area contributed by atoms with Crippen LogP contribution in [0.25, 0.3) is 21.7 Å². The van der Waals surface area contributed by atoms with Crippen molar-refractivity contribution in [3.05, 3.63) is 59.9 Å². The van der Waals surface area contributed by atoms with Crippen LogP contribution in [0.15, 0.2) is 58.7 Å². The molecule has 1 amide bonds. The van der Waals surface area contributed by atoms with E-state index in [0.29, 0.717) is 16.5 Å². The topological polar surface area (TPSA) is 70.9 Å². The van der Waals surface area contributed by atoms with E-state index in [2.05, 4.69) is 15.3 Å². The Morgan fingerprint density at radius 3 is 3.05 bits per heavy atom. The Labute approximate surface area is 129 Å². The lowest BCUT2D eigenvalue weighted by atomic mass is 10.2. The van der Waals surface area contributed by atoms with Gasteiger partial charge < -0.3 is 14.7 Å². The maximum atomic E-state index is 12.4. The van der Waals surface area contributed by atoms with E-state index >= 15 is 0 Å². The highest BCUT2D eigenvalue weighted by atomic mass is 32.1. The van der Waals surface area contributed by atoms with Crippen molar-refractivity contribution >= 4 is 33.8 Å². The number of nitrogens with zero attached hydrogens (tertiary/aromatic N) is 1. The molecule has 0 spiro atoms. The fraction of sp³-hybridized carbons (Fsp3) is 0. The van der Waals surface area contributed by atoms with Crippen molar-refractivity contribution in [2.45, 2.75) is 0 Å². The first-order chi connectivity index (χ1) is 10.8. The van der Waals surface area contributed by atoms with Gasteiger partial charge in [-0.1, -0.05) is 6.07 Å². The van der Waals surface area contributed by atoms with Gasteiger partial charge in [0, 0.05) is 22.5 Å². The number of hydrogen-bond donors (Lipinski definition) is 2. The van der Waals surface area contributed by atoms with Gasteiger partial charge in [-0.2, -0.15) is 0 Å². The molecule has 0 radical (unpaired) electrons. The first-order valence-electron chi connectivity index (χ1n) is 6.68. The first-order valence-corrected chi connectivity index (χ1v) is 7.56. The Kier molecular flexibility index (Phi) is 3.01. The van der Waals surface area contributed by atoms with Gasteiger partial charge in [-0.3, -0.25) is 4.79 Å². The average Bonchev–Trinajstić information content (AvgIpc) is 3.27. The monoisotopic (exact) mass is 309 g/mol. The van der Waals surface area contributed by atoms with Crippen molar-refractivity contribution in [3.8, 4) is 10.8 Å². The number of carbonyl (C=O) groups excluding carboxylic acids is 1. The Bertz CT molecular complexity index is 937. The van der Waals surface area contributed by atoms with Gasteiger partial charge in [0.15, 0.2) is 10.8 Å². The summed E-state index contributed by atoms with van der Waals surface area (Å²) in [5.41, 5.74) is 2.12. The van der Waals surface area contributed by atoms with E-state index in [-0.39, 0.29) is 5.91 Å². The standard InChI is InChI=1S/C16H11N3O2S/c20-15(13-9-22-16(19-13)14-5-2-8-21-14)18-12-4-1-3-11-10(12)6-7-17-11/h1-9,17H,(H,18,20). The molecule has 0 aliphatic carbocycles. The van der Waals surface area contributed by atoms with Crippen LogP contribution < -0.4 is 5.32 Å². The molecule has 0 bridgehead atoms. The Balaban J connectivity index is 1.61. The van der Waals surface area contributed by atoms with Crippen molar-refractivity contribution in [2.75, 3.05) is 5.32 Å². The van der Waals surface area contributed by atoms with Crippen LogP contribution in [-0.2, 0) is 0 Å². The smallest absolute Gasteiger partial charge is 0.275 e. The summed E-state index contributed by atoms with van der Waals surface area (Å²) in [5.74, 6) is 0.430. The number of rotatable bonds is 3. The summed E-state index contributed by atoms with van der Waals surface area (Å²) in [6.45, 7) is 0. The van der Waals surface area contributed by atoms with E-state index in [1.807, 2.05) is 36.5 Å². The molecule has 3 heterocycles. The van der Waals surface area contributed by atoms with Gasteiger partial charge in [-0.05, 0) is 30.3 Å². The molecule has 0 saturated carbocycles. The van der Waals surface area contributed by atoms with E-state index in [1.165, 1.54) is 11.3 Å². The molecule has 0 saturated heterocycles. The zero-order chi connectivity index (χ0) is 14.9. The maximum absolute atomic E-state index is 12.4. The van der Waals surface area contributed by atoms with Crippen LogP contribution >= 0.6 is 11.3 Å². The number of anilines is 1. The van der Waals surface area contributed by atoms with Gasteiger partial charge in [0.05, 0.1) is 12.0 Å². The van der Waals surface area contributed by atoms with Gasteiger partial charge in [0.1, 0.15) is 5.69 Å². The number of furan rings is 1. The molecule has 0 unspecified atom stereocenters. The zero-order valence-electron chi connectivity index (χ0n) is 11.4. The first kappa shape index (κ1) is 12.8. The minimum atomic E-state index is -0.234. The van der Waals surface area contributed by atoms with Crippen molar-refractivity contribution in [3.63, 3.8) is 0 Å². The third-order valence-electron chi connectivity index (χ3n) is 3.31. The summed E-state index contributed by atoms with van der Waals surface area (Å²) in [6.07, 6.45) is 3.43. The van der Waals surface area contributed by atoms with Gasteiger partial charge in [-0.15, -0.1) is 11.3 Å². The number of fused-ring (bicyclic) bond motifs is 1. The largest absolute Gasteiger partial charge is 0.462 e. The lowest BCUT2D eigenvalue weighted by Gasteiger charge is -2.04. The summed E-state index contributed by atoms with van der Waals surface area (Å²) in [5, 5.41) is 6.29. The number of nitrogens with one attached hydrogen (secondary N) is 2. The second-order valence-electron chi connectivity index (χ2n) is 4.71. The molecule has 0 atom stereocenters. The van der Waals surface area contributed by atoms with E-state index in [9.17, 15) is 4.79 Å². The van der Waals surface area contributed by atoms with Crippen molar-refractivity contribution in [1.82, 2.24) is 9.97 Å². The Morgan fingerprint density at radius 1 is 1.23 bits per heavy atom. The predicted molar refractivity (Wildman–Crippen MR) is 86.1 cm³/mol. The molecule has 0 aliphatic heterocycles. The molecule has 22 heavy (non-hydrogen) atoms. The van der Waals surface area contributed by atoms with Crippen LogP contribution in [0.2, 0.25) is 0 Å². The van der Waals surface area contributed by atoms with Gasteiger partial charge in [0.2, 0.25) is 0 Å². The van der Waals surface area contributed by atoms with E-state index < -0.39 is 0 Å². The molecular formula is C16H11N3O2S. The van der Waals surface area contributed by atoms with E-state index in [1.54, 1.807) is 17.7 Å². The summed E-state index contributed by atoms with van der Waals surface area (Å²) in [6, 6.07) is 11.3. The highest BCUT2D eigenvalue weighted by Gasteiger charge is 2.14. The molecule has 108 valence electrons. The molecule has 6 heteroatoms. The number of aromatic amines is 1. The van der Waals surface area contributed by atoms with Gasteiger partial charge >= 0.3 is 0 Å². The highest BCUT2D eigenvalue weighted by Crippen LogP contribution is 2.26. The number of H-pyrrole nitrogens is 1. The highest BCUT2D eigenvalue weighted by molar-refractivity contribution is 7.13. The fourth-order valence-electron chi connectivity index (χ4n) is 2.27. The summed E-state index contributed by atoms with van der Waals surface area (Å²) < 4.78 is 5.29. The lowest BCUT2D eigenvalue weighted by molar-refractivity contribution is 0.102. The summed E-state index contributed by atoms with van der Waals surface area (Å²) in [4.78, 5) is 19.8. The third kappa shape index (κ3) is 2.19. The SMILES string of the molecule is O=C(Nc1cccc2[nH]ccc12)c1csc(-c2ccco2)n1. The fourth-order valence-corrected chi connectivity index (χ4v) is 3.04. The number of hydrogen-bond acceptors (Lipinski definition) is 4. The minimum absolute atomic E-state index is 0.234. The summed E-state index contributed by atoms with van der Waals surface area (Å²) in [7, 11) is 0. The maximum Gasteiger partial charge on any atom is 0.275 e. The molecule has 2 N–H and O–H groups in total. The predicted octanol–water partition coefficient (Wildman–Crippen LogP) is 4.14. The average molecular weight is 309 g/mol. The third-order valence-corrected chi connectivity index (χ3v) is 4.17. The van der Waals surface area contributed by atoms with Crippen LogP contribution in [0.5, 0.6) is 0 Å².